The Morgan fingerprint density at radius 2 is 2.19 bits per heavy atom. The van der Waals surface area contributed by atoms with E-state index < -0.39 is 0 Å². The molecule has 0 N–H and O–H groups in total. The van der Waals surface area contributed by atoms with Crippen molar-refractivity contribution in [3.8, 4) is 5.75 Å². The number of benzene rings is 1. The van der Waals surface area contributed by atoms with E-state index in [1.807, 2.05) is 54.8 Å². The van der Waals surface area contributed by atoms with E-state index >= 15 is 0 Å². The molecule has 1 unspecified atom stereocenters. The first-order valence-corrected chi connectivity index (χ1v) is 9.43. The summed E-state index contributed by atoms with van der Waals surface area (Å²) >= 11 is 1.53. The van der Waals surface area contributed by atoms with Crippen molar-refractivity contribution in [2.24, 2.45) is 0 Å². The summed E-state index contributed by atoms with van der Waals surface area (Å²) in [4.78, 5) is 19.5. The molecule has 1 atom stereocenters. The highest BCUT2D eigenvalue weighted by molar-refractivity contribution is 8.02. The highest BCUT2D eigenvalue weighted by Crippen LogP contribution is 2.18. The van der Waals surface area contributed by atoms with Crippen LogP contribution in [-0.4, -0.2) is 48.2 Å². The molecule has 1 aliphatic rings. The summed E-state index contributed by atoms with van der Waals surface area (Å²) in [6.07, 6.45) is 3.18. The van der Waals surface area contributed by atoms with Crippen LogP contribution in [0.15, 0.2) is 65.0 Å². The highest BCUT2D eigenvalue weighted by Gasteiger charge is 2.23. The van der Waals surface area contributed by atoms with Gasteiger partial charge in [-0.3, -0.25) is 9.78 Å². The van der Waals surface area contributed by atoms with Crippen LogP contribution in [0.4, 0.5) is 0 Å². The Bertz CT molecular complexity index is 734. The Balaban J connectivity index is 1.46. The van der Waals surface area contributed by atoms with Gasteiger partial charge in [0.1, 0.15) is 18.5 Å². The minimum Gasteiger partial charge on any atom is -0.489 e. The summed E-state index contributed by atoms with van der Waals surface area (Å²) in [7, 11) is 0. The number of aromatic nitrogens is 1. The Labute approximate surface area is 158 Å². The van der Waals surface area contributed by atoms with Crippen LogP contribution in [0.1, 0.15) is 5.69 Å². The molecule has 1 aromatic heterocycles. The number of hydrogen-bond donors (Lipinski definition) is 0. The fourth-order valence-corrected chi connectivity index (χ4v) is 3.18. The number of pyridine rings is 1. The quantitative estimate of drug-likeness (QED) is 0.577. The number of thioether (sulfide) groups is 1. The topological polar surface area (TPSA) is 51.7 Å². The Hall–Kier alpha value is -2.31. The first kappa shape index (κ1) is 18.5. The first-order valence-electron chi connectivity index (χ1n) is 8.55. The average molecular weight is 370 g/mol. The molecule has 1 fully saturated rings. The Morgan fingerprint density at radius 1 is 1.35 bits per heavy atom. The van der Waals surface area contributed by atoms with Gasteiger partial charge in [0, 0.05) is 23.2 Å². The van der Waals surface area contributed by atoms with Gasteiger partial charge < -0.3 is 14.4 Å². The van der Waals surface area contributed by atoms with Crippen LogP contribution in [-0.2, 0) is 9.53 Å². The predicted molar refractivity (Wildman–Crippen MR) is 102 cm³/mol. The summed E-state index contributed by atoms with van der Waals surface area (Å²) in [6.45, 7) is 3.98. The normalized spacial score (nSPS) is 17.4. The molecule has 2 heterocycles. The minimum absolute atomic E-state index is 0.00117. The van der Waals surface area contributed by atoms with Crippen molar-refractivity contribution in [2.75, 3.05) is 26.3 Å². The Kier molecular flexibility index (Phi) is 6.68. The van der Waals surface area contributed by atoms with Gasteiger partial charge in [-0.1, -0.05) is 30.0 Å². The second-order valence-electron chi connectivity index (χ2n) is 5.96. The summed E-state index contributed by atoms with van der Waals surface area (Å²) in [6, 6.07) is 13.8. The minimum atomic E-state index is -0.135. The molecular weight excluding hydrogens is 348 g/mol. The van der Waals surface area contributed by atoms with E-state index in [4.69, 9.17) is 9.47 Å². The fourth-order valence-electron chi connectivity index (χ4n) is 2.52. The summed E-state index contributed by atoms with van der Waals surface area (Å²) in [5.74, 6) is 0.709. The van der Waals surface area contributed by atoms with Crippen molar-refractivity contribution in [2.45, 2.75) is 17.9 Å². The standard InChI is InChI=1S/C20H22N2O3S/c1-16-7-8-17(13-21-16)25-15-18-14-22(10-11-24-18)20(23)9-12-26-19-5-3-2-4-6-19/h2-9,12-13,18H,10-11,14-15H2,1H3. The second kappa shape index (κ2) is 9.40. The van der Waals surface area contributed by atoms with E-state index in [1.54, 1.807) is 17.2 Å². The van der Waals surface area contributed by atoms with Crippen LogP contribution in [0.25, 0.3) is 0 Å². The van der Waals surface area contributed by atoms with Crippen molar-refractivity contribution in [1.29, 1.82) is 0 Å². The number of amides is 1. The van der Waals surface area contributed by atoms with E-state index in [0.717, 1.165) is 10.6 Å². The van der Waals surface area contributed by atoms with Crippen molar-refractivity contribution < 1.29 is 14.3 Å². The molecule has 0 spiro atoms. The maximum Gasteiger partial charge on any atom is 0.247 e. The second-order valence-corrected chi connectivity index (χ2v) is 6.94. The largest absolute Gasteiger partial charge is 0.489 e. The lowest BCUT2D eigenvalue weighted by molar-refractivity contribution is -0.134. The monoisotopic (exact) mass is 370 g/mol. The van der Waals surface area contributed by atoms with E-state index in [1.165, 1.54) is 11.8 Å². The molecule has 2 aromatic rings. The average Bonchev–Trinajstić information content (AvgIpc) is 2.68. The molecular formula is C20H22N2O3S. The first-order chi connectivity index (χ1) is 12.7. The molecule has 1 amide bonds. The van der Waals surface area contributed by atoms with Gasteiger partial charge in [0.15, 0.2) is 0 Å². The van der Waals surface area contributed by atoms with Crippen LogP contribution >= 0.6 is 11.8 Å². The molecule has 0 bridgehead atoms. The van der Waals surface area contributed by atoms with Crippen molar-refractivity contribution in [1.82, 2.24) is 9.88 Å². The van der Waals surface area contributed by atoms with E-state index in [9.17, 15) is 4.79 Å². The zero-order valence-electron chi connectivity index (χ0n) is 14.7. The third kappa shape index (κ3) is 5.61. The highest BCUT2D eigenvalue weighted by atomic mass is 32.2. The number of hydrogen-bond acceptors (Lipinski definition) is 5. The number of rotatable bonds is 6. The molecule has 3 rings (SSSR count). The van der Waals surface area contributed by atoms with Crippen LogP contribution in [0.2, 0.25) is 0 Å². The number of ether oxygens (including phenoxy) is 2. The smallest absolute Gasteiger partial charge is 0.247 e. The lowest BCUT2D eigenvalue weighted by Crippen LogP contribution is -2.47. The fraction of sp³-hybridized carbons (Fsp3) is 0.300. The van der Waals surface area contributed by atoms with Gasteiger partial charge in [0.25, 0.3) is 0 Å². The molecule has 0 radical (unpaired) electrons. The van der Waals surface area contributed by atoms with Gasteiger partial charge in [-0.2, -0.15) is 0 Å². The molecule has 0 aliphatic carbocycles. The summed E-state index contributed by atoms with van der Waals surface area (Å²) < 4.78 is 11.4. The maximum absolute atomic E-state index is 12.4. The lowest BCUT2D eigenvalue weighted by atomic mass is 10.2. The predicted octanol–water partition coefficient (Wildman–Crippen LogP) is 3.30. The zero-order chi connectivity index (χ0) is 18.2. The number of aryl methyl sites for hydroxylation is 1. The van der Waals surface area contributed by atoms with Crippen LogP contribution in [0.3, 0.4) is 0 Å². The van der Waals surface area contributed by atoms with E-state index in [2.05, 4.69) is 4.98 Å². The maximum atomic E-state index is 12.4. The summed E-state index contributed by atoms with van der Waals surface area (Å²) in [5.41, 5.74) is 0.947. The molecule has 0 saturated carbocycles. The van der Waals surface area contributed by atoms with E-state index in [0.29, 0.717) is 32.1 Å². The van der Waals surface area contributed by atoms with Gasteiger partial charge >= 0.3 is 0 Å². The van der Waals surface area contributed by atoms with Crippen molar-refractivity contribution in [3.05, 3.63) is 65.8 Å². The van der Waals surface area contributed by atoms with Gasteiger partial charge in [-0.25, -0.2) is 0 Å². The van der Waals surface area contributed by atoms with Crippen LogP contribution < -0.4 is 4.74 Å². The van der Waals surface area contributed by atoms with Crippen molar-refractivity contribution in [3.63, 3.8) is 0 Å². The van der Waals surface area contributed by atoms with Crippen LogP contribution in [0.5, 0.6) is 5.75 Å². The number of morpholine rings is 1. The SMILES string of the molecule is Cc1ccc(OCC2CN(C(=O)C=CSc3ccccc3)CCO2)cn1. The summed E-state index contributed by atoms with van der Waals surface area (Å²) in [5, 5.41) is 1.83. The molecule has 1 aliphatic heterocycles. The van der Waals surface area contributed by atoms with Crippen LogP contribution in [0, 0.1) is 6.92 Å². The van der Waals surface area contributed by atoms with Gasteiger partial charge in [-0.05, 0) is 36.6 Å². The number of carbonyl (C=O) groups is 1. The molecule has 5 nitrogen and oxygen atoms in total. The Morgan fingerprint density at radius 3 is 2.96 bits per heavy atom. The van der Waals surface area contributed by atoms with Gasteiger partial charge in [0.2, 0.25) is 5.91 Å². The molecule has 26 heavy (non-hydrogen) atoms. The molecule has 1 aromatic carbocycles. The van der Waals surface area contributed by atoms with Crippen molar-refractivity contribution >= 4 is 17.7 Å². The third-order valence-corrected chi connectivity index (χ3v) is 4.75. The van der Waals surface area contributed by atoms with Gasteiger partial charge in [0.05, 0.1) is 19.3 Å². The lowest BCUT2D eigenvalue weighted by Gasteiger charge is -2.32. The molecule has 6 heteroatoms. The zero-order valence-corrected chi connectivity index (χ0v) is 15.5. The molecule has 136 valence electrons. The third-order valence-electron chi connectivity index (χ3n) is 3.93. The molecule has 1 saturated heterocycles. The van der Waals surface area contributed by atoms with E-state index in [-0.39, 0.29) is 12.0 Å². The number of carbonyl (C=O) groups excluding carboxylic acids is 1. The van der Waals surface area contributed by atoms with Gasteiger partial charge in [-0.15, -0.1) is 0 Å². The number of nitrogens with zero attached hydrogens (tertiary/aromatic N) is 2.